The number of amides is 1. The van der Waals surface area contributed by atoms with Crippen LogP contribution in [0.5, 0.6) is 0 Å². The Morgan fingerprint density at radius 3 is 2.76 bits per heavy atom. The van der Waals surface area contributed by atoms with Crippen molar-refractivity contribution in [3.8, 4) is 0 Å². The number of carbonyl (C=O) groups excluding carboxylic acids is 1. The van der Waals surface area contributed by atoms with Gasteiger partial charge in [0.25, 0.3) is 5.56 Å². The Morgan fingerprint density at radius 1 is 1.28 bits per heavy atom. The quantitative estimate of drug-likeness (QED) is 0.830. The Bertz CT molecular complexity index is 926. The normalized spacial score (nSPS) is 20.4. The van der Waals surface area contributed by atoms with Crippen LogP contribution in [0.25, 0.3) is 11.0 Å². The summed E-state index contributed by atoms with van der Waals surface area (Å²) in [5.41, 5.74) is 1.48. The molecule has 29 heavy (non-hydrogen) atoms. The van der Waals surface area contributed by atoms with E-state index in [1.165, 1.54) is 0 Å². The average Bonchev–Trinajstić information content (AvgIpc) is 2.75. The number of hydrogen-bond acceptors (Lipinski definition) is 6. The van der Waals surface area contributed by atoms with Gasteiger partial charge in [-0.15, -0.1) is 0 Å². The zero-order valence-corrected chi connectivity index (χ0v) is 17.3. The van der Waals surface area contributed by atoms with Crippen LogP contribution >= 0.6 is 0 Å². The molecule has 2 fully saturated rings. The molecular weight excluding hydrogens is 368 g/mol. The molecule has 2 aliphatic rings. The van der Waals surface area contributed by atoms with Crippen molar-refractivity contribution < 1.29 is 4.79 Å². The molecule has 1 N–H and O–H groups in total. The average molecular weight is 399 g/mol. The lowest BCUT2D eigenvalue weighted by Gasteiger charge is -2.37. The number of anilines is 1. The molecule has 2 aliphatic heterocycles. The zero-order valence-electron chi connectivity index (χ0n) is 17.3. The molecule has 8 nitrogen and oxygen atoms in total. The molecule has 2 aromatic rings. The van der Waals surface area contributed by atoms with Gasteiger partial charge in [0.1, 0.15) is 0 Å². The number of pyridine rings is 1. The molecule has 1 atom stereocenters. The predicted molar refractivity (Wildman–Crippen MR) is 113 cm³/mol. The summed E-state index contributed by atoms with van der Waals surface area (Å²) >= 11 is 0. The first-order chi connectivity index (χ1) is 14.0. The van der Waals surface area contributed by atoms with Gasteiger partial charge in [0, 0.05) is 45.5 Å². The molecule has 4 heterocycles. The fourth-order valence-corrected chi connectivity index (χ4v) is 4.29. The van der Waals surface area contributed by atoms with Gasteiger partial charge < -0.3 is 19.7 Å². The summed E-state index contributed by atoms with van der Waals surface area (Å²) in [7, 11) is 0. The number of rotatable bonds is 4. The van der Waals surface area contributed by atoms with Gasteiger partial charge in [-0.05, 0) is 31.4 Å². The third kappa shape index (κ3) is 4.12. The minimum absolute atomic E-state index is 0.0737. The standard InChI is InChI=1S/C21H30N6O2/c1-15(2)14-27-18-13-23-7-5-17(18)24-19(21(27)29)25-8-10-26(11-9-25)20(28)16-4-3-6-22-12-16/h5,7,13,15-16,22H,3-4,6,8-12,14H2,1-2H3. The summed E-state index contributed by atoms with van der Waals surface area (Å²) in [6.07, 6.45) is 5.44. The van der Waals surface area contributed by atoms with Gasteiger partial charge in [0.05, 0.1) is 23.1 Å². The van der Waals surface area contributed by atoms with Gasteiger partial charge in [0.2, 0.25) is 5.91 Å². The number of piperazine rings is 1. The molecule has 1 unspecified atom stereocenters. The molecule has 4 rings (SSSR count). The monoisotopic (exact) mass is 398 g/mol. The zero-order chi connectivity index (χ0) is 20.4. The summed E-state index contributed by atoms with van der Waals surface area (Å²) in [5, 5.41) is 3.32. The van der Waals surface area contributed by atoms with E-state index in [-0.39, 0.29) is 17.4 Å². The van der Waals surface area contributed by atoms with Gasteiger partial charge in [-0.1, -0.05) is 13.8 Å². The van der Waals surface area contributed by atoms with Crippen molar-refractivity contribution in [2.45, 2.75) is 33.2 Å². The maximum Gasteiger partial charge on any atom is 0.294 e. The second-order valence-corrected chi connectivity index (χ2v) is 8.47. The van der Waals surface area contributed by atoms with Crippen LogP contribution in [0.15, 0.2) is 23.3 Å². The molecule has 0 aromatic carbocycles. The lowest BCUT2D eigenvalue weighted by molar-refractivity contribution is -0.136. The highest BCUT2D eigenvalue weighted by Gasteiger charge is 2.29. The summed E-state index contributed by atoms with van der Waals surface area (Å²) in [6, 6.07) is 1.85. The van der Waals surface area contributed by atoms with E-state index in [4.69, 9.17) is 0 Å². The summed E-state index contributed by atoms with van der Waals surface area (Å²) in [4.78, 5) is 38.8. The highest BCUT2D eigenvalue weighted by atomic mass is 16.2. The smallest absolute Gasteiger partial charge is 0.294 e. The minimum atomic E-state index is -0.0737. The van der Waals surface area contributed by atoms with E-state index < -0.39 is 0 Å². The summed E-state index contributed by atoms with van der Waals surface area (Å²) in [6.45, 7) is 9.13. The van der Waals surface area contributed by atoms with Crippen molar-refractivity contribution >= 4 is 22.8 Å². The van der Waals surface area contributed by atoms with E-state index in [0.717, 1.165) is 37.0 Å². The Morgan fingerprint density at radius 2 is 2.07 bits per heavy atom. The van der Waals surface area contributed by atoms with Crippen molar-refractivity contribution in [1.82, 2.24) is 24.8 Å². The van der Waals surface area contributed by atoms with E-state index in [1.807, 2.05) is 15.9 Å². The van der Waals surface area contributed by atoms with Gasteiger partial charge >= 0.3 is 0 Å². The molecule has 0 spiro atoms. The van der Waals surface area contributed by atoms with Crippen LogP contribution in [0.3, 0.4) is 0 Å². The largest absolute Gasteiger partial charge is 0.348 e. The Balaban J connectivity index is 1.54. The molecule has 0 aliphatic carbocycles. The topological polar surface area (TPSA) is 83.4 Å². The number of fused-ring (bicyclic) bond motifs is 1. The highest BCUT2D eigenvalue weighted by molar-refractivity contribution is 5.79. The highest BCUT2D eigenvalue weighted by Crippen LogP contribution is 2.19. The van der Waals surface area contributed by atoms with Crippen LogP contribution in [0, 0.1) is 11.8 Å². The Labute approximate surface area is 170 Å². The van der Waals surface area contributed by atoms with Crippen LogP contribution in [-0.4, -0.2) is 64.6 Å². The molecule has 0 saturated carbocycles. The molecule has 2 aromatic heterocycles. The van der Waals surface area contributed by atoms with Crippen molar-refractivity contribution in [1.29, 1.82) is 0 Å². The first kappa shape index (κ1) is 19.8. The van der Waals surface area contributed by atoms with Gasteiger partial charge in [-0.25, -0.2) is 4.98 Å². The first-order valence-corrected chi connectivity index (χ1v) is 10.6. The molecule has 1 amide bonds. The molecule has 0 bridgehead atoms. The predicted octanol–water partition coefficient (Wildman–Crippen LogP) is 1.10. The summed E-state index contributed by atoms with van der Waals surface area (Å²) < 4.78 is 1.79. The fourth-order valence-electron chi connectivity index (χ4n) is 4.29. The van der Waals surface area contributed by atoms with Crippen LogP contribution in [-0.2, 0) is 11.3 Å². The number of aromatic nitrogens is 3. The molecule has 156 valence electrons. The maximum absolute atomic E-state index is 13.2. The van der Waals surface area contributed by atoms with Gasteiger partial charge in [-0.3, -0.25) is 14.6 Å². The Hall–Kier alpha value is -2.48. The van der Waals surface area contributed by atoms with Crippen LogP contribution in [0.4, 0.5) is 5.82 Å². The van der Waals surface area contributed by atoms with Crippen molar-refractivity contribution in [3.05, 3.63) is 28.8 Å². The van der Waals surface area contributed by atoms with E-state index in [0.29, 0.717) is 44.5 Å². The van der Waals surface area contributed by atoms with Crippen molar-refractivity contribution in [2.24, 2.45) is 11.8 Å². The first-order valence-electron chi connectivity index (χ1n) is 10.6. The molecule has 2 saturated heterocycles. The second-order valence-electron chi connectivity index (χ2n) is 8.47. The number of nitrogens with one attached hydrogen (secondary N) is 1. The number of nitrogens with zero attached hydrogens (tertiary/aromatic N) is 5. The lowest BCUT2D eigenvalue weighted by atomic mass is 9.98. The maximum atomic E-state index is 13.2. The van der Waals surface area contributed by atoms with E-state index in [2.05, 4.69) is 29.1 Å². The molecule has 8 heteroatoms. The second kappa shape index (κ2) is 8.49. The Kier molecular flexibility index (Phi) is 5.80. The van der Waals surface area contributed by atoms with E-state index in [9.17, 15) is 9.59 Å². The van der Waals surface area contributed by atoms with Crippen LogP contribution < -0.4 is 15.8 Å². The fraction of sp³-hybridized carbons (Fsp3) is 0.619. The number of piperidine rings is 1. The van der Waals surface area contributed by atoms with Gasteiger partial charge in [-0.2, -0.15) is 0 Å². The number of carbonyl (C=O) groups is 1. The summed E-state index contributed by atoms with van der Waals surface area (Å²) in [5.74, 6) is 1.15. The minimum Gasteiger partial charge on any atom is -0.348 e. The van der Waals surface area contributed by atoms with Gasteiger partial charge in [0.15, 0.2) is 5.82 Å². The van der Waals surface area contributed by atoms with Crippen molar-refractivity contribution in [3.63, 3.8) is 0 Å². The third-order valence-electron chi connectivity index (χ3n) is 5.82. The third-order valence-corrected chi connectivity index (χ3v) is 5.82. The lowest BCUT2D eigenvalue weighted by Crippen LogP contribution is -2.53. The van der Waals surface area contributed by atoms with Crippen molar-refractivity contribution in [2.75, 3.05) is 44.2 Å². The van der Waals surface area contributed by atoms with Crippen LogP contribution in [0.2, 0.25) is 0 Å². The SMILES string of the molecule is CC(C)Cn1c(=O)c(N2CCN(C(=O)C3CCCNC3)CC2)nc2ccncc21. The molecule has 0 radical (unpaired) electrons. The van der Waals surface area contributed by atoms with Crippen LogP contribution in [0.1, 0.15) is 26.7 Å². The molecular formula is C21H30N6O2. The van der Waals surface area contributed by atoms with E-state index in [1.54, 1.807) is 17.0 Å². The van der Waals surface area contributed by atoms with E-state index >= 15 is 0 Å². The number of hydrogen-bond donors (Lipinski definition) is 1.